The molecule has 0 aliphatic carbocycles. The smallest absolute Gasteiger partial charge is 0.870 e. The van der Waals surface area contributed by atoms with Gasteiger partial charge in [-0.15, -0.1) is 0 Å². The van der Waals surface area contributed by atoms with E-state index in [0.717, 1.165) is 0 Å². The van der Waals surface area contributed by atoms with E-state index in [0.29, 0.717) is 0 Å². The first kappa shape index (κ1) is 19.8. The maximum atomic E-state index is 12.5. The van der Waals surface area contributed by atoms with Gasteiger partial charge in [0, 0.05) is 48.1 Å². The van der Waals surface area contributed by atoms with E-state index in [4.69, 9.17) is 69.1 Å². The van der Waals surface area contributed by atoms with Crippen molar-refractivity contribution >= 4 is 71.6 Å². The van der Waals surface area contributed by atoms with Gasteiger partial charge in [-0.25, -0.2) is 0 Å². The SMILES string of the molecule is S.[2H]c1c([2H])c(C(=O)C([2H])([2H])[C@]([2H])(N)C(=O)OC([2H])([2H])[2H])c(N)c([2H])c1Cl.[2H]c1c([2H])c(C(=O)C[C@]([2H])(N)C(=O)O)c(N)c([2H])c1Cl.[K+].[OH-]. The minimum absolute atomic E-state index is 0. The largest absolute Gasteiger partial charge is 1.00 e. The van der Waals surface area contributed by atoms with Crippen molar-refractivity contribution in [3.05, 3.63) is 57.4 Å². The molecule has 0 aromatic heterocycles. The van der Waals surface area contributed by atoms with Crippen molar-refractivity contribution in [3.63, 3.8) is 0 Å². The minimum Gasteiger partial charge on any atom is -0.870 e. The summed E-state index contributed by atoms with van der Waals surface area (Å²) < 4.78 is 100. The van der Waals surface area contributed by atoms with Crippen molar-refractivity contribution in [2.24, 2.45) is 11.5 Å². The Morgan fingerprint density at radius 2 is 1.47 bits per heavy atom. The first-order valence-electron chi connectivity index (χ1n) is 14.7. The zero-order chi connectivity index (χ0) is 36.7. The second-order valence-corrected chi connectivity index (χ2v) is 6.40. The molecule has 0 bridgehead atoms. The number of nitrogen functional groups attached to an aromatic ring is 2. The van der Waals surface area contributed by atoms with E-state index in [1.807, 2.05) is 0 Å². The molecule has 0 saturated carbocycles. The fourth-order valence-electron chi connectivity index (χ4n) is 1.82. The number of anilines is 2. The van der Waals surface area contributed by atoms with Crippen LogP contribution >= 0.6 is 36.7 Å². The summed E-state index contributed by atoms with van der Waals surface area (Å²) in [4.78, 5) is 46.9. The van der Waals surface area contributed by atoms with E-state index in [-0.39, 0.29) is 75.4 Å². The van der Waals surface area contributed by atoms with Crippen LogP contribution in [0.15, 0.2) is 36.3 Å². The van der Waals surface area contributed by atoms with Crippen LogP contribution in [0.3, 0.4) is 0 Å². The molecule has 0 heterocycles. The zero-order valence-electron chi connectivity index (χ0n) is 31.2. The molecule has 0 fully saturated rings. The molecule has 11 nitrogen and oxygen atoms in total. The molecule has 0 amide bonds. The number of halogens is 2. The Bertz CT molecular complexity index is 1580. The summed E-state index contributed by atoms with van der Waals surface area (Å²) in [5.41, 5.74) is 18.6. The number of hydrogen-bond acceptors (Lipinski definition) is 10. The molecule has 0 aliphatic rings. The van der Waals surface area contributed by atoms with Crippen LogP contribution in [0.25, 0.3) is 0 Å². The average Bonchev–Trinajstić information content (AvgIpc) is 2.91. The van der Waals surface area contributed by atoms with Gasteiger partial charge in [0.1, 0.15) is 12.0 Å². The summed E-state index contributed by atoms with van der Waals surface area (Å²) >= 11 is 11.2. The van der Waals surface area contributed by atoms with E-state index in [2.05, 4.69) is 4.74 Å². The van der Waals surface area contributed by atoms with Crippen LogP contribution in [0.2, 0.25) is 10.0 Å². The van der Waals surface area contributed by atoms with Gasteiger partial charge in [0.25, 0.3) is 0 Å². The number of esters is 1. The molecular weight excluding hydrogens is 562 g/mol. The maximum Gasteiger partial charge on any atom is 1.00 e. The Balaban J connectivity index is -0.000000837. The number of aliphatic carboxylic acids is 1. The Kier molecular flexibility index (Phi) is 10.4. The fraction of sp³-hybridized carbons (Fsp3) is 0.238. The Hall–Kier alpha value is -1.23. The van der Waals surface area contributed by atoms with Gasteiger partial charge < -0.3 is 38.3 Å². The quantitative estimate of drug-likeness (QED) is 0.105. The van der Waals surface area contributed by atoms with Crippen molar-refractivity contribution in [2.75, 3.05) is 18.5 Å². The molecule has 0 radical (unpaired) electrons. The van der Waals surface area contributed by atoms with E-state index in [1.165, 1.54) is 0 Å². The summed E-state index contributed by atoms with van der Waals surface area (Å²) in [6.45, 7) is 0. The first-order chi connectivity index (χ1) is 20.5. The van der Waals surface area contributed by atoms with Crippen LogP contribution in [-0.2, 0) is 14.3 Å². The summed E-state index contributed by atoms with van der Waals surface area (Å²) in [5, 5.41) is 7.75. The minimum atomic E-state index is -3.62. The molecule has 0 saturated heterocycles. The van der Waals surface area contributed by atoms with Crippen molar-refractivity contribution in [1.29, 1.82) is 0 Å². The maximum absolute atomic E-state index is 12.5. The molecule has 2 aromatic rings. The van der Waals surface area contributed by atoms with Crippen LogP contribution in [0, 0.1) is 0 Å². The van der Waals surface area contributed by atoms with Crippen LogP contribution in [0.4, 0.5) is 11.4 Å². The van der Waals surface area contributed by atoms with Crippen molar-refractivity contribution in [3.8, 4) is 0 Å². The van der Waals surface area contributed by atoms with E-state index >= 15 is 0 Å². The second kappa shape index (κ2) is 18.9. The van der Waals surface area contributed by atoms with E-state index in [1.54, 1.807) is 0 Å². The van der Waals surface area contributed by atoms with E-state index < -0.39 is 119 Å². The first-order valence-corrected chi connectivity index (χ1v) is 8.94. The van der Waals surface area contributed by atoms with Crippen LogP contribution in [0.1, 0.15) is 51.3 Å². The van der Waals surface area contributed by atoms with Gasteiger partial charge in [-0.05, 0) is 36.3 Å². The number of carboxylic acids is 1. The monoisotopic (exact) mass is 601 g/mol. The number of rotatable bonds is 8. The van der Waals surface area contributed by atoms with Gasteiger partial charge in [-0.1, -0.05) is 23.2 Å². The zero-order valence-corrected chi connectivity index (χ0v) is 23.8. The summed E-state index contributed by atoms with van der Waals surface area (Å²) in [7, 11) is -3.34. The molecule has 194 valence electrons. The molecule has 0 spiro atoms. The number of hydrogen-bond donors (Lipinski definition) is 5. The van der Waals surface area contributed by atoms with Gasteiger partial charge in [0.05, 0.1) is 22.1 Å². The molecule has 36 heavy (non-hydrogen) atoms. The Morgan fingerprint density at radius 1 is 1.03 bits per heavy atom. The third kappa shape index (κ3) is 12.8. The van der Waals surface area contributed by atoms with Crippen LogP contribution in [0.5, 0.6) is 0 Å². The van der Waals surface area contributed by atoms with Crippen LogP contribution < -0.4 is 74.3 Å². The van der Waals surface area contributed by atoms with Crippen molar-refractivity contribution in [2.45, 2.75) is 24.8 Å². The number of ketones is 2. The second-order valence-electron chi connectivity index (χ2n) is 5.64. The predicted octanol–water partition coefficient (Wildman–Crippen LogP) is -1.16. The van der Waals surface area contributed by atoms with Crippen molar-refractivity contribution < 1.29 is 104 Å². The summed E-state index contributed by atoms with van der Waals surface area (Å²) in [6, 6.07) is -10.3. The van der Waals surface area contributed by atoms with Gasteiger partial charge in [-0.3, -0.25) is 19.2 Å². The van der Waals surface area contributed by atoms with Gasteiger partial charge >= 0.3 is 63.3 Å². The van der Waals surface area contributed by atoms with Gasteiger partial charge in [0.15, 0.2) is 11.6 Å². The van der Waals surface area contributed by atoms with Gasteiger partial charge in [0.2, 0.25) is 0 Å². The molecule has 2 rings (SSSR count). The molecule has 2 atom stereocenters. The van der Waals surface area contributed by atoms with Crippen molar-refractivity contribution in [1.82, 2.24) is 0 Å². The number of carboxylic acid groups (broad SMARTS) is 1. The number of Topliss-reactive ketones (excluding diaryl/α,β-unsaturated/α-hetero) is 2. The predicted molar refractivity (Wildman–Crippen MR) is 138 cm³/mol. The van der Waals surface area contributed by atoms with Crippen LogP contribution in [-0.4, -0.2) is 53.2 Å². The van der Waals surface area contributed by atoms with E-state index in [9.17, 15) is 19.2 Å². The molecule has 0 unspecified atom stereocenters. The standard InChI is InChI=1S/C11H13ClN2O3.C10H11ClN2O3.K.H2O.H2S/c1-17-11(16)9(14)5-10(15)7-3-2-6(12)4-8(7)13;11-5-1-2-6(7(12)3-5)9(14)4-8(13)10(15)16;;;/h2-4,9H,5,13-14H2,1H3;1-3,8H,4,12-13H2,(H,15,16);;2*1H2/q;;+1;;/p-1/t9-;8-;;;/m00.../s1/i1D3,2D,3D,4D,5D2,9D;1D,2D,3D,8D;;;. The normalized spacial score (nSPS) is 18.7. The third-order valence-electron chi connectivity index (χ3n) is 3.31. The topological polar surface area (TPSA) is 232 Å². The Morgan fingerprint density at radius 3 is 1.89 bits per heavy atom. The molecule has 10 N–H and O–H groups in total. The average molecular weight is 603 g/mol. The number of carbonyl (C=O) groups is 4. The molecule has 2 aromatic carbocycles. The fourth-order valence-corrected chi connectivity index (χ4v) is 2.12. The number of carbonyl (C=O) groups excluding carboxylic acids is 3. The number of benzene rings is 2. The molecule has 15 heteroatoms. The Labute approximate surface area is 285 Å². The van der Waals surface area contributed by atoms with Gasteiger partial charge in [-0.2, -0.15) is 13.5 Å². The molecular formula is C21H27Cl2KN4O7S. The third-order valence-corrected chi connectivity index (χ3v) is 3.69. The molecule has 0 aliphatic heterocycles. The summed E-state index contributed by atoms with van der Waals surface area (Å²) in [5.74, 6) is -6.57. The number of nitrogens with two attached hydrogens (primary N) is 4. The summed E-state index contributed by atoms with van der Waals surface area (Å²) in [6.07, 6.45) is -4.56. The number of methoxy groups -OCH3 is 1. The number of ether oxygens (including phenoxy) is 1.